The number of halogens is 1. The Bertz CT molecular complexity index is 600. The lowest BCUT2D eigenvalue weighted by atomic mass is 10.2. The number of hydrogen-bond acceptors (Lipinski definition) is 4. The Morgan fingerprint density at radius 2 is 2.00 bits per heavy atom. The Hall–Kier alpha value is -2.01. The van der Waals surface area contributed by atoms with Crippen LogP contribution in [0.15, 0.2) is 24.3 Å². The molecule has 1 amide bonds. The minimum Gasteiger partial charge on any atom is -0.354 e. The molecule has 0 fully saturated rings. The van der Waals surface area contributed by atoms with E-state index in [0.29, 0.717) is 28.1 Å². The first-order valence-electron chi connectivity index (χ1n) is 5.31. The van der Waals surface area contributed by atoms with Gasteiger partial charge in [0.05, 0.1) is 11.4 Å². The number of carbonyl (C=O) groups excluding carboxylic acids is 1. The van der Waals surface area contributed by atoms with E-state index in [4.69, 9.17) is 11.6 Å². The number of rotatable bonds is 2. The molecule has 0 aliphatic carbocycles. The molecule has 0 bridgehead atoms. The fourth-order valence-corrected chi connectivity index (χ4v) is 1.66. The van der Waals surface area contributed by atoms with E-state index >= 15 is 0 Å². The highest BCUT2D eigenvalue weighted by molar-refractivity contribution is 6.29. The number of amides is 1. The monoisotopic (exact) mass is 262 g/mol. The number of carbonyl (C=O) groups is 1. The molecule has 2 aromatic heterocycles. The molecule has 0 aliphatic rings. The van der Waals surface area contributed by atoms with Crippen molar-refractivity contribution in [3.05, 3.63) is 40.9 Å². The maximum absolute atomic E-state index is 11.6. The van der Waals surface area contributed by atoms with Gasteiger partial charge in [0.25, 0.3) is 5.91 Å². The van der Waals surface area contributed by atoms with Gasteiger partial charge in [-0.2, -0.15) is 0 Å². The lowest BCUT2D eigenvalue weighted by Gasteiger charge is -2.05. The van der Waals surface area contributed by atoms with E-state index in [9.17, 15) is 4.79 Å². The largest absolute Gasteiger partial charge is 0.354 e. The molecule has 2 rings (SSSR count). The maximum Gasteiger partial charge on any atom is 0.269 e. The van der Waals surface area contributed by atoms with E-state index in [-0.39, 0.29) is 5.91 Å². The smallest absolute Gasteiger partial charge is 0.269 e. The summed E-state index contributed by atoms with van der Waals surface area (Å²) in [4.78, 5) is 24.0. The second-order valence-corrected chi connectivity index (χ2v) is 4.00. The molecule has 6 heteroatoms. The third kappa shape index (κ3) is 2.62. The minimum absolute atomic E-state index is 0.260. The molecular formula is C12H11ClN4O. The van der Waals surface area contributed by atoms with Crippen LogP contribution in [-0.2, 0) is 0 Å². The summed E-state index contributed by atoms with van der Waals surface area (Å²) >= 11 is 5.83. The molecule has 0 saturated carbocycles. The van der Waals surface area contributed by atoms with Gasteiger partial charge in [-0.3, -0.25) is 4.79 Å². The standard InChI is InChI=1S/C12H11ClN4O/c1-7-15-9(6-10(16-7)12(18)14-2)8-4-3-5-11(13)17-8/h3-6H,1-2H3,(H,14,18). The summed E-state index contributed by atoms with van der Waals surface area (Å²) in [5.41, 5.74) is 1.49. The first-order chi connectivity index (χ1) is 8.60. The molecule has 2 aromatic rings. The number of nitrogens with one attached hydrogen (secondary N) is 1. The van der Waals surface area contributed by atoms with Crippen molar-refractivity contribution in [2.24, 2.45) is 0 Å². The van der Waals surface area contributed by atoms with Crippen LogP contribution in [0.5, 0.6) is 0 Å². The van der Waals surface area contributed by atoms with Crippen molar-refractivity contribution in [1.82, 2.24) is 20.3 Å². The quantitative estimate of drug-likeness (QED) is 0.839. The van der Waals surface area contributed by atoms with Crippen LogP contribution >= 0.6 is 11.6 Å². The predicted molar refractivity (Wildman–Crippen MR) is 68.4 cm³/mol. The van der Waals surface area contributed by atoms with E-state index in [2.05, 4.69) is 20.3 Å². The van der Waals surface area contributed by atoms with Crippen LogP contribution in [0.1, 0.15) is 16.3 Å². The van der Waals surface area contributed by atoms with Gasteiger partial charge in [0, 0.05) is 7.05 Å². The van der Waals surface area contributed by atoms with E-state index in [1.54, 1.807) is 38.2 Å². The van der Waals surface area contributed by atoms with Crippen molar-refractivity contribution in [1.29, 1.82) is 0 Å². The molecule has 0 atom stereocenters. The average Bonchev–Trinajstić information content (AvgIpc) is 2.37. The summed E-state index contributed by atoms with van der Waals surface area (Å²) in [7, 11) is 1.55. The summed E-state index contributed by atoms with van der Waals surface area (Å²) in [6.45, 7) is 1.72. The molecular weight excluding hydrogens is 252 g/mol. The lowest BCUT2D eigenvalue weighted by molar-refractivity contribution is 0.0958. The fourth-order valence-electron chi connectivity index (χ4n) is 1.49. The number of aryl methyl sites for hydroxylation is 1. The highest BCUT2D eigenvalue weighted by atomic mass is 35.5. The van der Waals surface area contributed by atoms with Crippen LogP contribution in [-0.4, -0.2) is 27.9 Å². The molecule has 1 N–H and O–H groups in total. The number of pyridine rings is 1. The van der Waals surface area contributed by atoms with E-state index in [1.165, 1.54) is 0 Å². The third-order valence-corrected chi connectivity index (χ3v) is 2.49. The summed E-state index contributed by atoms with van der Waals surface area (Å²) in [6.07, 6.45) is 0. The molecule has 0 spiro atoms. The molecule has 0 unspecified atom stereocenters. The molecule has 0 aliphatic heterocycles. The fraction of sp³-hybridized carbons (Fsp3) is 0.167. The van der Waals surface area contributed by atoms with Crippen molar-refractivity contribution < 1.29 is 4.79 Å². The summed E-state index contributed by atoms with van der Waals surface area (Å²) in [5.74, 6) is 0.247. The molecule has 0 radical (unpaired) electrons. The predicted octanol–water partition coefficient (Wildman–Crippen LogP) is 1.86. The molecule has 5 nitrogen and oxygen atoms in total. The van der Waals surface area contributed by atoms with Crippen LogP contribution in [0.25, 0.3) is 11.4 Å². The molecule has 92 valence electrons. The van der Waals surface area contributed by atoms with Crippen molar-refractivity contribution in [2.75, 3.05) is 7.05 Å². The number of aromatic nitrogens is 3. The second kappa shape index (κ2) is 5.10. The zero-order valence-corrected chi connectivity index (χ0v) is 10.7. The van der Waals surface area contributed by atoms with E-state index in [0.717, 1.165) is 0 Å². The van der Waals surface area contributed by atoms with Crippen LogP contribution in [0.4, 0.5) is 0 Å². The summed E-state index contributed by atoms with van der Waals surface area (Å²) in [5, 5.41) is 2.90. The molecule has 0 aromatic carbocycles. The maximum atomic E-state index is 11.6. The highest BCUT2D eigenvalue weighted by Gasteiger charge is 2.10. The SMILES string of the molecule is CNC(=O)c1cc(-c2cccc(Cl)n2)nc(C)n1. The van der Waals surface area contributed by atoms with Gasteiger partial charge in [0.1, 0.15) is 16.7 Å². The van der Waals surface area contributed by atoms with E-state index in [1.807, 2.05) is 0 Å². The van der Waals surface area contributed by atoms with Gasteiger partial charge in [0.15, 0.2) is 0 Å². The third-order valence-electron chi connectivity index (χ3n) is 2.28. The highest BCUT2D eigenvalue weighted by Crippen LogP contribution is 2.17. The zero-order valence-electron chi connectivity index (χ0n) is 9.94. The Kier molecular flexibility index (Phi) is 3.53. The first kappa shape index (κ1) is 12.4. The zero-order chi connectivity index (χ0) is 13.1. The Balaban J connectivity index is 2.51. The van der Waals surface area contributed by atoms with Gasteiger partial charge in [-0.05, 0) is 25.1 Å². The molecule has 18 heavy (non-hydrogen) atoms. The van der Waals surface area contributed by atoms with Gasteiger partial charge in [-0.25, -0.2) is 15.0 Å². The van der Waals surface area contributed by atoms with Gasteiger partial charge in [-0.15, -0.1) is 0 Å². The van der Waals surface area contributed by atoms with Gasteiger partial charge < -0.3 is 5.32 Å². The lowest BCUT2D eigenvalue weighted by Crippen LogP contribution is -2.20. The van der Waals surface area contributed by atoms with E-state index < -0.39 is 0 Å². The van der Waals surface area contributed by atoms with Gasteiger partial charge in [-0.1, -0.05) is 17.7 Å². The van der Waals surface area contributed by atoms with Gasteiger partial charge >= 0.3 is 0 Å². The van der Waals surface area contributed by atoms with Crippen LogP contribution in [0, 0.1) is 6.92 Å². The number of hydrogen-bond donors (Lipinski definition) is 1. The Labute approximate surface area is 109 Å². The first-order valence-corrected chi connectivity index (χ1v) is 5.68. The van der Waals surface area contributed by atoms with Crippen molar-refractivity contribution in [2.45, 2.75) is 6.92 Å². The van der Waals surface area contributed by atoms with Gasteiger partial charge in [0.2, 0.25) is 0 Å². The second-order valence-electron chi connectivity index (χ2n) is 3.61. The normalized spacial score (nSPS) is 10.2. The van der Waals surface area contributed by atoms with Crippen LogP contribution in [0.3, 0.4) is 0 Å². The average molecular weight is 263 g/mol. The van der Waals surface area contributed by atoms with Crippen molar-refractivity contribution >= 4 is 17.5 Å². The number of nitrogens with zero attached hydrogens (tertiary/aromatic N) is 3. The van der Waals surface area contributed by atoms with Crippen molar-refractivity contribution in [3.8, 4) is 11.4 Å². The summed E-state index contributed by atoms with van der Waals surface area (Å²) < 4.78 is 0. The topological polar surface area (TPSA) is 67.8 Å². The Morgan fingerprint density at radius 3 is 2.67 bits per heavy atom. The molecule has 0 saturated heterocycles. The van der Waals surface area contributed by atoms with Crippen LogP contribution in [0.2, 0.25) is 5.15 Å². The summed E-state index contributed by atoms with van der Waals surface area (Å²) in [6, 6.07) is 6.83. The van der Waals surface area contributed by atoms with Crippen molar-refractivity contribution in [3.63, 3.8) is 0 Å². The van der Waals surface area contributed by atoms with Crippen LogP contribution < -0.4 is 5.32 Å². The minimum atomic E-state index is -0.260. The Morgan fingerprint density at radius 1 is 1.22 bits per heavy atom. The molecule has 2 heterocycles.